The van der Waals surface area contributed by atoms with Gasteiger partial charge in [-0.1, -0.05) is 11.8 Å². The number of aliphatic hydroxyl groups excluding tert-OH is 1. The van der Waals surface area contributed by atoms with Gasteiger partial charge in [-0.15, -0.1) is 0 Å². The fourth-order valence-electron chi connectivity index (χ4n) is 1.49. The number of nitrogens with one attached hydrogen (secondary N) is 1. The second-order valence-electron chi connectivity index (χ2n) is 3.93. The maximum atomic E-state index is 13.8. The van der Waals surface area contributed by atoms with Crippen LogP contribution in [0.15, 0.2) is 17.0 Å². The summed E-state index contributed by atoms with van der Waals surface area (Å²) >= 11 is 1.43. The van der Waals surface area contributed by atoms with Gasteiger partial charge in [0, 0.05) is 24.8 Å². The Labute approximate surface area is 127 Å². The summed E-state index contributed by atoms with van der Waals surface area (Å²) in [6.45, 7) is -0.0946. The van der Waals surface area contributed by atoms with Gasteiger partial charge in [0.05, 0.1) is 12.2 Å². The molecular weight excluding hydrogens is 320 g/mol. The predicted molar refractivity (Wildman–Crippen MR) is 78.5 cm³/mol. The third-order valence-corrected chi connectivity index (χ3v) is 4.48. The predicted octanol–water partition coefficient (Wildman–Crippen LogP) is 1.34. The fourth-order valence-corrected chi connectivity index (χ4v) is 3.16. The standard InChI is InChI=1S/C13H15F2NO3S2/c1-20-7-5-16-21(18,19)13-10(4-2-3-6-17)8-11(14)9-12(13)15/h8-9,16-17H,3,5-7H2,1H3. The van der Waals surface area contributed by atoms with Crippen LogP contribution in [-0.4, -0.2) is 38.7 Å². The topological polar surface area (TPSA) is 66.4 Å². The van der Waals surface area contributed by atoms with Crippen molar-refractivity contribution in [3.8, 4) is 11.8 Å². The number of sulfonamides is 1. The molecule has 1 aromatic rings. The first-order valence-corrected chi connectivity index (χ1v) is 8.87. The summed E-state index contributed by atoms with van der Waals surface area (Å²) in [5.41, 5.74) is -0.266. The lowest BCUT2D eigenvalue weighted by molar-refractivity contribution is 0.305. The Bertz CT molecular complexity index is 651. The third kappa shape index (κ3) is 5.28. The number of aliphatic hydroxyl groups is 1. The minimum Gasteiger partial charge on any atom is -0.395 e. The molecule has 1 aromatic carbocycles. The van der Waals surface area contributed by atoms with Crippen molar-refractivity contribution in [2.75, 3.05) is 25.2 Å². The smallest absolute Gasteiger partial charge is 0.244 e. The lowest BCUT2D eigenvalue weighted by atomic mass is 10.2. The molecule has 8 heteroatoms. The zero-order valence-electron chi connectivity index (χ0n) is 11.3. The van der Waals surface area contributed by atoms with E-state index >= 15 is 0 Å². The summed E-state index contributed by atoms with van der Waals surface area (Å²) in [6.07, 6.45) is 1.89. The molecule has 0 unspecified atom stereocenters. The van der Waals surface area contributed by atoms with Gasteiger partial charge < -0.3 is 5.11 Å². The van der Waals surface area contributed by atoms with Crippen LogP contribution in [-0.2, 0) is 10.0 Å². The lowest BCUT2D eigenvalue weighted by Crippen LogP contribution is -2.27. The summed E-state index contributed by atoms with van der Waals surface area (Å²) in [5.74, 6) is 3.25. The Kier molecular flexibility index (Phi) is 7.11. The maximum Gasteiger partial charge on any atom is 0.244 e. The highest BCUT2D eigenvalue weighted by Gasteiger charge is 2.23. The van der Waals surface area contributed by atoms with E-state index in [0.29, 0.717) is 11.8 Å². The van der Waals surface area contributed by atoms with E-state index in [1.807, 2.05) is 0 Å². The first-order chi connectivity index (χ1) is 9.92. The average molecular weight is 335 g/mol. The van der Waals surface area contributed by atoms with Gasteiger partial charge in [-0.05, 0) is 12.3 Å². The number of thioether (sulfide) groups is 1. The van der Waals surface area contributed by atoms with E-state index in [2.05, 4.69) is 16.6 Å². The van der Waals surface area contributed by atoms with Crippen LogP contribution < -0.4 is 4.72 Å². The van der Waals surface area contributed by atoms with Crippen molar-refractivity contribution < 1.29 is 22.3 Å². The highest BCUT2D eigenvalue weighted by Crippen LogP contribution is 2.20. The van der Waals surface area contributed by atoms with Crippen molar-refractivity contribution in [2.45, 2.75) is 11.3 Å². The molecule has 21 heavy (non-hydrogen) atoms. The monoisotopic (exact) mass is 335 g/mol. The Morgan fingerprint density at radius 3 is 2.71 bits per heavy atom. The van der Waals surface area contributed by atoms with Crippen LogP contribution in [0.1, 0.15) is 12.0 Å². The Morgan fingerprint density at radius 2 is 2.10 bits per heavy atom. The zero-order chi connectivity index (χ0) is 15.9. The van der Waals surface area contributed by atoms with Gasteiger partial charge >= 0.3 is 0 Å². The van der Waals surface area contributed by atoms with Gasteiger partial charge in [0.1, 0.15) is 16.5 Å². The fraction of sp³-hybridized carbons (Fsp3) is 0.385. The summed E-state index contributed by atoms with van der Waals surface area (Å²) in [5, 5.41) is 8.64. The summed E-state index contributed by atoms with van der Waals surface area (Å²) in [6, 6.07) is 1.36. The summed E-state index contributed by atoms with van der Waals surface area (Å²) in [7, 11) is -4.12. The van der Waals surface area contributed by atoms with E-state index in [9.17, 15) is 17.2 Å². The largest absolute Gasteiger partial charge is 0.395 e. The minimum atomic E-state index is -4.12. The van der Waals surface area contributed by atoms with Crippen molar-refractivity contribution in [3.05, 3.63) is 29.3 Å². The number of benzene rings is 1. The molecule has 2 N–H and O–H groups in total. The van der Waals surface area contributed by atoms with Gasteiger partial charge in [-0.3, -0.25) is 0 Å². The molecule has 0 heterocycles. The molecule has 0 fully saturated rings. The van der Waals surface area contributed by atoms with Gasteiger partial charge in [0.15, 0.2) is 0 Å². The van der Waals surface area contributed by atoms with Crippen molar-refractivity contribution in [3.63, 3.8) is 0 Å². The SMILES string of the molecule is CSCCNS(=O)(=O)c1c(F)cc(F)cc1C#CCCO. The number of hydrogen-bond donors (Lipinski definition) is 2. The molecule has 116 valence electrons. The molecule has 4 nitrogen and oxygen atoms in total. The quantitative estimate of drug-likeness (QED) is 0.608. The van der Waals surface area contributed by atoms with Crippen LogP contribution in [0.25, 0.3) is 0 Å². The molecule has 0 aliphatic rings. The third-order valence-electron chi connectivity index (χ3n) is 2.34. The highest BCUT2D eigenvalue weighted by atomic mass is 32.2. The number of rotatable bonds is 6. The molecule has 0 bridgehead atoms. The van der Waals surface area contributed by atoms with Crippen LogP contribution in [0.3, 0.4) is 0 Å². The van der Waals surface area contributed by atoms with Crippen LogP contribution in [0.4, 0.5) is 8.78 Å². The van der Waals surface area contributed by atoms with Crippen LogP contribution in [0.2, 0.25) is 0 Å². The van der Waals surface area contributed by atoms with Crippen LogP contribution >= 0.6 is 11.8 Å². The first kappa shape index (κ1) is 17.9. The minimum absolute atomic E-state index is 0.0809. The second-order valence-corrected chi connectivity index (χ2v) is 6.62. The van der Waals surface area contributed by atoms with Crippen molar-refractivity contribution in [1.82, 2.24) is 4.72 Å². The molecular formula is C13H15F2NO3S2. The summed E-state index contributed by atoms with van der Waals surface area (Å²) in [4.78, 5) is -0.671. The molecule has 0 radical (unpaired) electrons. The van der Waals surface area contributed by atoms with Gasteiger partial charge in [0.25, 0.3) is 0 Å². The number of halogens is 2. The molecule has 0 saturated heterocycles. The lowest BCUT2D eigenvalue weighted by Gasteiger charge is -2.09. The summed E-state index contributed by atoms with van der Waals surface area (Å²) < 4.78 is 53.5. The molecule has 0 amide bonds. The molecule has 0 spiro atoms. The molecule has 0 aromatic heterocycles. The molecule has 0 aliphatic heterocycles. The van der Waals surface area contributed by atoms with Crippen molar-refractivity contribution >= 4 is 21.8 Å². The van der Waals surface area contributed by atoms with Crippen molar-refractivity contribution in [1.29, 1.82) is 0 Å². The van der Waals surface area contributed by atoms with Crippen LogP contribution in [0.5, 0.6) is 0 Å². The molecule has 0 saturated carbocycles. The van der Waals surface area contributed by atoms with E-state index in [-0.39, 0.29) is 25.1 Å². The van der Waals surface area contributed by atoms with Gasteiger partial charge in [-0.2, -0.15) is 11.8 Å². The van der Waals surface area contributed by atoms with E-state index in [1.54, 1.807) is 6.26 Å². The van der Waals surface area contributed by atoms with E-state index in [0.717, 1.165) is 6.07 Å². The van der Waals surface area contributed by atoms with E-state index in [4.69, 9.17) is 5.11 Å². The first-order valence-electron chi connectivity index (χ1n) is 5.99. The molecule has 0 atom stereocenters. The highest BCUT2D eigenvalue weighted by molar-refractivity contribution is 7.98. The Hall–Kier alpha value is -1.14. The van der Waals surface area contributed by atoms with Crippen LogP contribution in [0, 0.1) is 23.5 Å². The average Bonchev–Trinajstić information content (AvgIpc) is 2.38. The van der Waals surface area contributed by atoms with E-state index in [1.165, 1.54) is 11.8 Å². The normalized spacial score (nSPS) is 11.0. The number of hydrogen-bond acceptors (Lipinski definition) is 4. The molecule has 0 aliphatic carbocycles. The van der Waals surface area contributed by atoms with E-state index < -0.39 is 26.6 Å². The zero-order valence-corrected chi connectivity index (χ0v) is 13.0. The second kappa shape index (κ2) is 8.34. The maximum absolute atomic E-state index is 13.8. The van der Waals surface area contributed by atoms with Gasteiger partial charge in [-0.25, -0.2) is 21.9 Å². The Balaban J connectivity index is 3.24. The Morgan fingerprint density at radius 1 is 1.38 bits per heavy atom. The van der Waals surface area contributed by atoms with Gasteiger partial charge in [0.2, 0.25) is 10.0 Å². The van der Waals surface area contributed by atoms with Crippen molar-refractivity contribution in [2.24, 2.45) is 0 Å². The molecule has 1 rings (SSSR count).